The minimum absolute atomic E-state index is 0.0744. The van der Waals surface area contributed by atoms with Crippen LogP contribution < -0.4 is 10.1 Å². The molecule has 2 N–H and O–H groups in total. The summed E-state index contributed by atoms with van der Waals surface area (Å²) in [6.45, 7) is 4.01. The van der Waals surface area contributed by atoms with Gasteiger partial charge < -0.3 is 14.8 Å². The summed E-state index contributed by atoms with van der Waals surface area (Å²) in [5.74, 6) is 0.682. The van der Waals surface area contributed by atoms with Gasteiger partial charge in [0, 0.05) is 17.5 Å². The highest BCUT2D eigenvalue weighted by atomic mass is 16.5. The second-order valence-electron chi connectivity index (χ2n) is 7.35. The maximum Gasteiger partial charge on any atom is 0.272 e. The monoisotopic (exact) mass is 355 g/mol. The van der Waals surface area contributed by atoms with Crippen LogP contribution in [0.1, 0.15) is 66.5 Å². The van der Waals surface area contributed by atoms with Crippen LogP contribution in [0.2, 0.25) is 0 Å². The van der Waals surface area contributed by atoms with Gasteiger partial charge in [0.25, 0.3) is 5.91 Å². The van der Waals surface area contributed by atoms with Gasteiger partial charge in [-0.3, -0.25) is 9.89 Å². The Balaban J connectivity index is 1.64. The second kappa shape index (κ2) is 6.43. The van der Waals surface area contributed by atoms with E-state index in [4.69, 9.17) is 9.47 Å². The van der Waals surface area contributed by atoms with Crippen molar-refractivity contribution < 1.29 is 14.3 Å². The molecule has 2 atom stereocenters. The lowest BCUT2D eigenvalue weighted by Gasteiger charge is -2.43. The van der Waals surface area contributed by atoms with Gasteiger partial charge in [0.2, 0.25) is 0 Å². The first-order valence-electron chi connectivity index (χ1n) is 9.22. The molecule has 1 fully saturated rings. The van der Waals surface area contributed by atoms with Crippen LogP contribution in [-0.4, -0.2) is 29.3 Å². The number of benzene rings is 1. The van der Waals surface area contributed by atoms with Gasteiger partial charge in [-0.2, -0.15) is 5.10 Å². The standard InChI is InChI=1S/C20H25N3O3/c1-12-11-14-17(13(2)26-12)22-23-18(14)19(24)21-20(9-6-10-20)15-7-4-5-8-16(15)25-3/h4-5,7-8,12-13H,6,9-11H2,1-3H3,(H,21,24)(H,22,23)/t12-,13+/m0/s1. The van der Waals surface area contributed by atoms with Crippen LogP contribution in [0.15, 0.2) is 24.3 Å². The molecule has 1 amide bonds. The lowest BCUT2D eigenvalue weighted by molar-refractivity contribution is -0.00698. The molecule has 1 aliphatic carbocycles. The fourth-order valence-electron chi connectivity index (χ4n) is 4.17. The van der Waals surface area contributed by atoms with Crippen LogP contribution in [0.4, 0.5) is 0 Å². The average Bonchev–Trinajstić information content (AvgIpc) is 3.02. The number of H-pyrrole nitrogens is 1. The summed E-state index contributed by atoms with van der Waals surface area (Å²) in [5, 5.41) is 10.6. The van der Waals surface area contributed by atoms with Gasteiger partial charge in [-0.05, 0) is 39.2 Å². The molecule has 4 rings (SSSR count). The van der Waals surface area contributed by atoms with Crippen molar-refractivity contribution in [3.05, 3.63) is 46.8 Å². The number of para-hydroxylation sites is 1. The molecule has 6 heteroatoms. The minimum Gasteiger partial charge on any atom is -0.496 e. The molecule has 138 valence electrons. The number of hydrogen-bond donors (Lipinski definition) is 2. The number of nitrogens with zero attached hydrogens (tertiary/aromatic N) is 1. The molecule has 2 heterocycles. The molecule has 1 saturated carbocycles. The fourth-order valence-corrected chi connectivity index (χ4v) is 4.17. The van der Waals surface area contributed by atoms with Crippen LogP contribution in [0.25, 0.3) is 0 Å². The lowest BCUT2D eigenvalue weighted by Crippen LogP contribution is -2.51. The lowest BCUT2D eigenvalue weighted by atomic mass is 9.71. The molecule has 1 aliphatic heterocycles. The predicted octanol–water partition coefficient (Wildman–Crippen LogP) is 3.25. The molecule has 2 aromatic rings. The molecule has 0 unspecified atom stereocenters. The van der Waals surface area contributed by atoms with Crippen LogP contribution in [0.3, 0.4) is 0 Å². The number of aromatic amines is 1. The van der Waals surface area contributed by atoms with Gasteiger partial charge in [-0.15, -0.1) is 0 Å². The third kappa shape index (κ3) is 2.69. The van der Waals surface area contributed by atoms with Crippen molar-refractivity contribution in [1.82, 2.24) is 15.5 Å². The first-order chi connectivity index (χ1) is 12.5. The maximum absolute atomic E-state index is 13.1. The molecular formula is C20H25N3O3. The van der Waals surface area contributed by atoms with Gasteiger partial charge in [-0.1, -0.05) is 18.2 Å². The van der Waals surface area contributed by atoms with E-state index in [1.165, 1.54) is 0 Å². The Kier molecular flexibility index (Phi) is 4.23. The smallest absolute Gasteiger partial charge is 0.272 e. The number of hydrogen-bond acceptors (Lipinski definition) is 4. The maximum atomic E-state index is 13.1. The number of ether oxygens (including phenoxy) is 2. The van der Waals surface area contributed by atoms with E-state index in [1.807, 2.05) is 38.1 Å². The van der Waals surface area contributed by atoms with E-state index >= 15 is 0 Å². The number of amides is 1. The van der Waals surface area contributed by atoms with Gasteiger partial charge in [0.15, 0.2) is 5.69 Å². The van der Waals surface area contributed by atoms with Crippen molar-refractivity contribution in [2.75, 3.05) is 7.11 Å². The van der Waals surface area contributed by atoms with Gasteiger partial charge in [0.1, 0.15) is 5.75 Å². The summed E-state index contributed by atoms with van der Waals surface area (Å²) >= 11 is 0. The Bertz CT molecular complexity index is 825. The summed E-state index contributed by atoms with van der Waals surface area (Å²) in [4.78, 5) is 13.1. The number of fused-ring (bicyclic) bond motifs is 1. The summed E-state index contributed by atoms with van der Waals surface area (Å²) < 4.78 is 11.3. The van der Waals surface area contributed by atoms with E-state index < -0.39 is 0 Å². The van der Waals surface area contributed by atoms with Crippen molar-refractivity contribution in [1.29, 1.82) is 0 Å². The fraction of sp³-hybridized carbons (Fsp3) is 0.500. The highest BCUT2D eigenvalue weighted by Gasteiger charge is 2.43. The summed E-state index contributed by atoms with van der Waals surface area (Å²) in [7, 11) is 1.67. The van der Waals surface area contributed by atoms with Crippen LogP contribution in [-0.2, 0) is 16.7 Å². The number of carbonyl (C=O) groups is 1. The van der Waals surface area contributed by atoms with E-state index in [0.29, 0.717) is 12.1 Å². The Morgan fingerprint density at radius 1 is 1.35 bits per heavy atom. The minimum atomic E-state index is -0.377. The van der Waals surface area contributed by atoms with Crippen molar-refractivity contribution >= 4 is 5.91 Å². The first kappa shape index (κ1) is 17.1. The second-order valence-corrected chi connectivity index (χ2v) is 7.35. The van der Waals surface area contributed by atoms with Crippen molar-refractivity contribution in [2.24, 2.45) is 0 Å². The van der Waals surface area contributed by atoms with Gasteiger partial charge in [0.05, 0.1) is 30.6 Å². The number of rotatable bonds is 4. The topological polar surface area (TPSA) is 76.2 Å². The van der Waals surface area contributed by atoms with Crippen LogP contribution in [0, 0.1) is 0 Å². The normalized spacial score (nSPS) is 23.7. The molecule has 0 bridgehead atoms. The van der Waals surface area contributed by atoms with Gasteiger partial charge in [-0.25, -0.2) is 0 Å². The molecule has 1 aromatic carbocycles. The van der Waals surface area contributed by atoms with Gasteiger partial charge >= 0.3 is 0 Å². The van der Waals surface area contributed by atoms with Crippen molar-refractivity contribution in [3.63, 3.8) is 0 Å². The Morgan fingerprint density at radius 3 is 2.81 bits per heavy atom. The summed E-state index contributed by atoms with van der Waals surface area (Å²) in [6.07, 6.45) is 3.59. The molecule has 2 aliphatic rings. The quantitative estimate of drug-likeness (QED) is 0.883. The molecule has 1 aromatic heterocycles. The molecule has 0 saturated heterocycles. The Labute approximate surface area is 153 Å². The van der Waals surface area contributed by atoms with Crippen molar-refractivity contribution in [2.45, 2.75) is 57.3 Å². The summed E-state index contributed by atoms with van der Waals surface area (Å²) in [6, 6.07) is 7.92. The third-order valence-corrected chi connectivity index (χ3v) is 5.63. The van der Waals surface area contributed by atoms with Crippen molar-refractivity contribution in [3.8, 4) is 5.75 Å². The molecular weight excluding hydrogens is 330 g/mol. The Morgan fingerprint density at radius 2 is 2.12 bits per heavy atom. The molecule has 0 spiro atoms. The molecule has 6 nitrogen and oxygen atoms in total. The Hall–Kier alpha value is -2.34. The first-order valence-corrected chi connectivity index (χ1v) is 9.22. The molecule has 0 radical (unpaired) electrons. The third-order valence-electron chi connectivity index (χ3n) is 5.63. The number of aromatic nitrogens is 2. The van der Waals surface area contributed by atoms with E-state index in [0.717, 1.165) is 41.8 Å². The zero-order chi connectivity index (χ0) is 18.3. The highest BCUT2D eigenvalue weighted by Crippen LogP contribution is 2.45. The SMILES string of the molecule is COc1ccccc1C1(NC(=O)c2n[nH]c3c2C[C@H](C)O[C@@H]3C)CCC1. The molecule has 26 heavy (non-hydrogen) atoms. The predicted molar refractivity (Wildman–Crippen MR) is 97.2 cm³/mol. The number of methoxy groups -OCH3 is 1. The largest absolute Gasteiger partial charge is 0.496 e. The number of carbonyl (C=O) groups excluding carboxylic acids is 1. The summed E-state index contributed by atoms with van der Waals surface area (Å²) in [5.41, 5.74) is 3.04. The number of nitrogens with one attached hydrogen (secondary N) is 2. The van der Waals surface area contributed by atoms with E-state index in [2.05, 4.69) is 15.5 Å². The van der Waals surface area contributed by atoms with E-state index in [1.54, 1.807) is 7.11 Å². The average molecular weight is 355 g/mol. The van der Waals surface area contributed by atoms with E-state index in [9.17, 15) is 4.79 Å². The van der Waals surface area contributed by atoms with E-state index in [-0.39, 0.29) is 23.7 Å². The van der Waals surface area contributed by atoms with Crippen LogP contribution in [0.5, 0.6) is 5.75 Å². The zero-order valence-electron chi connectivity index (χ0n) is 15.5. The van der Waals surface area contributed by atoms with Crippen LogP contribution >= 0.6 is 0 Å². The zero-order valence-corrected chi connectivity index (χ0v) is 15.5. The highest BCUT2D eigenvalue weighted by molar-refractivity contribution is 5.94.